The summed E-state index contributed by atoms with van der Waals surface area (Å²) in [5, 5.41) is 4.51. The van der Waals surface area contributed by atoms with Crippen LogP contribution in [-0.2, 0) is 5.41 Å². The van der Waals surface area contributed by atoms with Crippen LogP contribution >= 0.6 is 0 Å². The van der Waals surface area contributed by atoms with E-state index in [1.807, 2.05) is 6.08 Å². The Morgan fingerprint density at radius 2 is 1.10 bits per heavy atom. The molecule has 2 heteroatoms. The molecule has 10 aromatic carbocycles. The molecule has 3 aliphatic rings. The fraction of sp³-hybridized carbons (Fsp3) is 0.0423. The van der Waals surface area contributed by atoms with E-state index >= 15 is 0 Å². The van der Waals surface area contributed by atoms with Gasteiger partial charge >= 0.3 is 0 Å². The zero-order chi connectivity index (χ0) is 48.6. The standard InChI is InChI=1S/C71H49NO/c1-3-19-54-46(2)71(65-31-15-12-26-57(54)65)66-32-16-13-27-58(66)59-43-40-53(45-67(59)71)72(52-38-34-47(35-39-52)51-37-41-55(48-20-6-4-7-21-48)64(44-51)49-22-8-5-9-23-49)68-33-17-14-28-60(68)61-29-18-30-62-63-42-36-50-24-10-11-25-56(50)69(63)73-70(61)62/h3-44,53H,1-2,45H2/b54-19+. The molecule has 0 saturated heterocycles. The first-order valence-electron chi connectivity index (χ1n) is 25.3. The quantitative estimate of drug-likeness (QED) is 0.151. The fourth-order valence-corrected chi connectivity index (χ4v) is 12.6. The minimum Gasteiger partial charge on any atom is -0.455 e. The smallest absolute Gasteiger partial charge is 0.143 e. The third kappa shape index (κ3) is 6.50. The van der Waals surface area contributed by atoms with Crippen LogP contribution in [0.5, 0.6) is 0 Å². The summed E-state index contributed by atoms with van der Waals surface area (Å²) in [4.78, 5) is 2.57. The zero-order valence-corrected chi connectivity index (χ0v) is 40.3. The number of fused-ring (bicyclic) bond motifs is 11. The van der Waals surface area contributed by atoms with Crippen LogP contribution in [0.1, 0.15) is 28.7 Å². The first-order valence-corrected chi connectivity index (χ1v) is 25.3. The van der Waals surface area contributed by atoms with E-state index in [-0.39, 0.29) is 6.04 Å². The minimum atomic E-state index is -0.527. The summed E-state index contributed by atoms with van der Waals surface area (Å²) >= 11 is 0. The number of benzene rings is 10. The van der Waals surface area contributed by atoms with Gasteiger partial charge in [-0.05, 0) is 120 Å². The SMILES string of the molecule is C=C/C=C1\C(=C)C2(C3=C(C=CC(N(c4ccc(-c5ccc(-c6ccccc6)c(-c6ccccc6)c5)cc4)c4ccccc4-c4cccc5c4oc4c6ccccc6ccc54)C3)c3ccccc32)c2ccccc21. The molecule has 1 aromatic heterocycles. The van der Waals surface area contributed by atoms with E-state index in [9.17, 15) is 0 Å². The number of furan rings is 1. The second-order valence-electron chi connectivity index (χ2n) is 19.5. The zero-order valence-electron chi connectivity index (χ0n) is 40.3. The second-order valence-corrected chi connectivity index (χ2v) is 19.5. The van der Waals surface area contributed by atoms with E-state index in [0.717, 1.165) is 73.0 Å². The number of rotatable bonds is 8. The van der Waals surface area contributed by atoms with Gasteiger partial charge in [-0.15, -0.1) is 0 Å². The predicted octanol–water partition coefficient (Wildman–Crippen LogP) is 18.8. The molecule has 0 bridgehead atoms. The van der Waals surface area contributed by atoms with Gasteiger partial charge in [-0.1, -0.05) is 238 Å². The van der Waals surface area contributed by atoms with Gasteiger partial charge in [0.15, 0.2) is 0 Å². The van der Waals surface area contributed by atoms with Gasteiger partial charge in [-0.2, -0.15) is 0 Å². The third-order valence-corrected chi connectivity index (χ3v) is 15.8. The van der Waals surface area contributed by atoms with Gasteiger partial charge in [0, 0.05) is 38.7 Å². The van der Waals surface area contributed by atoms with Crippen LogP contribution in [0.15, 0.2) is 284 Å². The Balaban J connectivity index is 0.943. The van der Waals surface area contributed by atoms with Crippen molar-refractivity contribution in [2.75, 3.05) is 4.90 Å². The lowest BCUT2D eigenvalue weighted by Crippen LogP contribution is -2.36. The lowest BCUT2D eigenvalue weighted by molar-refractivity contribution is 0.664. The van der Waals surface area contributed by atoms with Crippen LogP contribution in [0, 0.1) is 0 Å². The molecule has 0 aliphatic heterocycles. The Kier molecular flexibility index (Phi) is 9.91. The summed E-state index contributed by atoms with van der Waals surface area (Å²) in [6.45, 7) is 9.15. The van der Waals surface area contributed by atoms with E-state index < -0.39 is 5.41 Å². The van der Waals surface area contributed by atoms with E-state index in [2.05, 4.69) is 260 Å². The van der Waals surface area contributed by atoms with Crippen molar-refractivity contribution in [2.45, 2.75) is 17.9 Å². The van der Waals surface area contributed by atoms with Crippen LogP contribution in [0.3, 0.4) is 0 Å². The maximum absolute atomic E-state index is 7.05. The fourth-order valence-electron chi connectivity index (χ4n) is 12.6. The Morgan fingerprint density at radius 3 is 1.88 bits per heavy atom. The largest absolute Gasteiger partial charge is 0.455 e. The summed E-state index contributed by atoms with van der Waals surface area (Å²) in [6, 6.07) is 83.8. The third-order valence-electron chi connectivity index (χ3n) is 15.8. The highest BCUT2D eigenvalue weighted by atomic mass is 16.3. The molecule has 11 aromatic rings. The first kappa shape index (κ1) is 42.6. The van der Waals surface area contributed by atoms with E-state index in [1.165, 1.54) is 66.6 Å². The van der Waals surface area contributed by atoms with Crippen molar-refractivity contribution in [3.8, 4) is 44.5 Å². The summed E-state index contributed by atoms with van der Waals surface area (Å²) in [5.74, 6) is 0. The average Bonchev–Trinajstić information content (AvgIpc) is 4.07. The van der Waals surface area contributed by atoms with Gasteiger partial charge in [-0.3, -0.25) is 0 Å². The highest BCUT2D eigenvalue weighted by Gasteiger charge is 2.54. The van der Waals surface area contributed by atoms with Gasteiger partial charge in [0.1, 0.15) is 11.2 Å². The average molecular weight is 932 g/mol. The monoisotopic (exact) mass is 931 g/mol. The Bertz CT molecular complexity index is 4150. The molecule has 73 heavy (non-hydrogen) atoms. The number of allylic oxidation sites excluding steroid dienone is 6. The van der Waals surface area contributed by atoms with Gasteiger partial charge in [-0.25, -0.2) is 0 Å². The molecule has 1 heterocycles. The molecular weight excluding hydrogens is 883 g/mol. The Hall–Kier alpha value is -9.24. The molecule has 0 radical (unpaired) electrons. The van der Waals surface area contributed by atoms with E-state index in [0.29, 0.717) is 0 Å². The van der Waals surface area contributed by atoms with E-state index in [4.69, 9.17) is 11.0 Å². The molecule has 0 N–H and O–H groups in total. The summed E-state index contributed by atoms with van der Waals surface area (Å²) in [7, 11) is 0. The molecule has 1 spiro atoms. The molecule has 14 rings (SSSR count). The molecule has 3 aliphatic carbocycles. The van der Waals surface area contributed by atoms with Crippen molar-refractivity contribution in [2.24, 2.45) is 0 Å². The summed E-state index contributed by atoms with van der Waals surface area (Å²) < 4.78 is 7.05. The van der Waals surface area contributed by atoms with Crippen molar-refractivity contribution in [1.82, 2.24) is 0 Å². The molecule has 0 fully saturated rings. The molecule has 2 unspecified atom stereocenters. The number of hydrogen-bond donors (Lipinski definition) is 0. The molecule has 2 atom stereocenters. The van der Waals surface area contributed by atoms with Gasteiger partial charge in [0.2, 0.25) is 0 Å². The van der Waals surface area contributed by atoms with Crippen LogP contribution in [0.2, 0.25) is 0 Å². The van der Waals surface area contributed by atoms with Gasteiger partial charge in [0.25, 0.3) is 0 Å². The second kappa shape index (κ2) is 17.0. The Morgan fingerprint density at radius 1 is 0.479 bits per heavy atom. The van der Waals surface area contributed by atoms with Gasteiger partial charge < -0.3 is 9.32 Å². The van der Waals surface area contributed by atoms with Crippen LogP contribution < -0.4 is 4.90 Å². The first-order chi connectivity index (χ1) is 36.1. The van der Waals surface area contributed by atoms with Crippen molar-refractivity contribution < 1.29 is 4.42 Å². The van der Waals surface area contributed by atoms with Gasteiger partial charge in [0.05, 0.1) is 11.5 Å². The maximum atomic E-state index is 7.05. The number of hydrogen-bond acceptors (Lipinski definition) is 2. The van der Waals surface area contributed by atoms with E-state index in [1.54, 1.807) is 0 Å². The van der Waals surface area contributed by atoms with Crippen molar-refractivity contribution in [3.63, 3.8) is 0 Å². The van der Waals surface area contributed by atoms with Crippen LogP contribution in [-0.4, -0.2) is 6.04 Å². The summed E-state index contributed by atoms with van der Waals surface area (Å²) in [5.41, 5.74) is 22.8. The lowest BCUT2D eigenvalue weighted by Gasteiger charge is -2.39. The predicted molar refractivity (Wildman–Crippen MR) is 307 cm³/mol. The highest BCUT2D eigenvalue weighted by Crippen LogP contribution is 2.64. The number of anilines is 2. The molecular formula is C71H49NO. The van der Waals surface area contributed by atoms with Crippen molar-refractivity contribution in [1.29, 1.82) is 0 Å². The topological polar surface area (TPSA) is 16.4 Å². The van der Waals surface area contributed by atoms with Crippen LogP contribution in [0.25, 0.3) is 88.4 Å². The number of para-hydroxylation sites is 2. The van der Waals surface area contributed by atoms with Crippen molar-refractivity contribution >= 4 is 55.2 Å². The molecule has 0 saturated carbocycles. The maximum Gasteiger partial charge on any atom is 0.143 e. The Labute approximate surface area is 426 Å². The summed E-state index contributed by atoms with van der Waals surface area (Å²) in [6.07, 6.45) is 9.66. The highest BCUT2D eigenvalue weighted by molar-refractivity contribution is 6.17. The van der Waals surface area contributed by atoms with Crippen molar-refractivity contribution in [3.05, 3.63) is 301 Å². The lowest BCUT2D eigenvalue weighted by atomic mass is 9.68. The minimum absolute atomic E-state index is 0.0713. The molecule has 2 nitrogen and oxygen atoms in total. The normalized spacial score (nSPS) is 17.2. The molecule has 0 amide bonds. The molecule has 344 valence electrons. The van der Waals surface area contributed by atoms with Crippen LogP contribution in [0.4, 0.5) is 11.4 Å². The number of nitrogens with zero attached hydrogens (tertiary/aromatic N) is 1.